The van der Waals surface area contributed by atoms with Crippen molar-refractivity contribution in [1.29, 1.82) is 0 Å². The summed E-state index contributed by atoms with van der Waals surface area (Å²) in [5, 5.41) is 6.18. The first-order valence-corrected chi connectivity index (χ1v) is 8.64. The minimum atomic E-state index is -0.925. The zero-order chi connectivity index (χ0) is 18.8. The fourth-order valence-electron chi connectivity index (χ4n) is 3.20. The number of aromatic nitrogens is 3. The molecule has 0 saturated carbocycles. The highest BCUT2D eigenvalue weighted by atomic mass is 19.1. The molecule has 0 spiro atoms. The summed E-state index contributed by atoms with van der Waals surface area (Å²) in [6.45, 7) is 0.946. The Kier molecular flexibility index (Phi) is 4.61. The third kappa shape index (κ3) is 3.29. The number of halogens is 1. The van der Waals surface area contributed by atoms with Crippen molar-refractivity contribution >= 4 is 17.2 Å². The van der Waals surface area contributed by atoms with Crippen molar-refractivity contribution in [3.8, 4) is 11.4 Å². The molecule has 1 fully saturated rings. The van der Waals surface area contributed by atoms with E-state index in [1.165, 1.54) is 6.20 Å². The van der Waals surface area contributed by atoms with Gasteiger partial charge < -0.3 is 21.8 Å². The highest BCUT2D eigenvalue weighted by molar-refractivity contribution is 5.69. The Morgan fingerprint density at radius 3 is 2.96 bits per heavy atom. The summed E-state index contributed by atoms with van der Waals surface area (Å²) in [6.07, 6.45) is 4.11. The molecule has 3 aromatic rings. The fourth-order valence-corrected chi connectivity index (χ4v) is 3.20. The van der Waals surface area contributed by atoms with Crippen LogP contribution in [0.1, 0.15) is 5.56 Å². The van der Waals surface area contributed by atoms with Crippen molar-refractivity contribution < 1.29 is 4.39 Å². The number of alkyl halides is 1. The number of nitrogens with two attached hydrogens (primary N) is 2. The Hall–Kier alpha value is -3.17. The second-order valence-electron chi connectivity index (χ2n) is 6.34. The van der Waals surface area contributed by atoms with Crippen molar-refractivity contribution in [3.05, 3.63) is 54.5 Å². The van der Waals surface area contributed by atoms with Gasteiger partial charge in [0.1, 0.15) is 17.6 Å². The Labute approximate surface area is 155 Å². The van der Waals surface area contributed by atoms with Gasteiger partial charge in [-0.3, -0.25) is 10.2 Å². The molecule has 7 N–H and O–H groups in total. The van der Waals surface area contributed by atoms with Crippen LogP contribution in [-0.4, -0.2) is 39.7 Å². The zero-order valence-corrected chi connectivity index (χ0v) is 14.6. The molecule has 27 heavy (non-hydrogen) atoms. The van der Waals surface area contributed by atoms with Crippen LogP contribution in [0, 0.1) is 0 Å². The van der Waals surface area contributed by atoms with E-state index in [4.69, 9.17) is 11.6 Å². The minimum Gasteiger partial charge on any atom is -0.403 e. The smallest absolute Gasteiger partial charge is 0.137 e. The molecule has 0 aliphatic carbocycles. The molecule has 2 atom stereocenters. The zero-order valence-electron chi connectivity index (χ0n) is 14.6. The first-order valence-electron chi connectivity index (χ1n) is 8.64. The number of imidazole rings is 1. The Balaban J connectivity index is 1.65. The molecule has 1 saturated heterocycles. The lowest BCUT2D eigenvalue weighted by Gasteiger charge is -2.15. The number of hydrogen-bond acceptors (Lipinski definition) is 7. The largest absolute Gasteiger partial charge is 0.403 e. The summed E-state index contributed by atoms with van der Waals surface area (Å²) in [7, 11) is 0. The molecule has 3 aromatic heterocycles. The molecule has 140 valence electrons. The average molecular weight is 368 g/mol. The maximum atomic E-state index is 13.8. The number of rotatable bonds is 5. The molecule has 0 aromatic carbocycles. The summed E-state index contributed by atoms with van der Waals surface area (Å²) >= 11 is 0. The van der Waals surface area contributed by atoms with E-state index in [-0.39, 0.29) is 6.04 Å². The summed E-state index contributed by atoms with van der Waals surface area (Å²) in [4.78, 5) is 9.07. The number of pyridine rings is 2. The van der Waals surface area contributed by atoms with Gasteiger partial charge in [-0.15, -0.1) is 0 Å². The fraction of sp³-hybridized carbons (Fsp3) is 0.222. The molecule has 1 aliphatic rings. The molecule has 0 unspecified atom stereocenters. The molecule has 0 amide bonds. The average Bonchev–Trinajstić information content (AvgIpc) is 3.29. The van der Waals surface area contributed by atoms with Gasteiger partial charge in [0, 0.05) is 31.0 Å². The van der Waals surface area contributed by atoms with E-state index in [9.17, 15) is 4.39 Å². The SMILES string of the molecule is N/C=C(\NN)c1ccn2c(-c3cccc(N[C@H]4CNC[C@@H]4F)n3)cnc2c1. The van der Waals surface area contributed by atoms with Gasteiger partial charge in [-0.2, -0.15) is 0 Å². The predicted molar refractivity (Wildman–Crippen MR) is 103 cm³/mol. The van der Waals surface area contributed by atoms with Crippen LogP contribution in [0.15, 0.2) is 48.9 Å². The Bertz CT molecular complexity index is 982. The normalized spacial score (nSPS) is 20.1. The first-order chi connectivity index (χ1) is 13.2. The maximum Gasteiger partial charge on any atom is 0.137 e. The molecule has 0 bridgehead atoms. The second kappa shape index (κ2) is 7.22. The quantitative estimate of drug-likeness (QED) is 0.334. The van der Waals surface area contributed by atoms with E-state index in [0.717, 1.165) is 22.6 Å². The van der Waals surface area contributed by atoms with Crippen LogP contribution < -0.4 is 27.6 Å². The highest BCUT2D eigenvalue weighted by Crippen LogP contribution is 2.23. The van der Waals surface area contributed by atoms with Crippen LogP contribution in [-0.2, 0) is 0 Å². The van der Waals surface area contributed by atoms with E-state index < -0.39 is 6.17 Å². The number of hydrogen-bond donors (Lipinski definition) is 5. The van der Waals surface area contributed by atoms with Crippen LogP contribution >= 0.6 is 0 Å². The van der Waals surface area contributed by atoms with Crippen molar-refractivity contribution in [3.63, 3.8) is 0 Å². The summed E-state index contributed by atoms with van der Waals surface area (Å²) in [5.74, 6) is 6.11. The van der Waals surface area contributed by atoms with Crippen molar-refractivity contribution in [1.82, 2.24) is 25.1 Å². The standard InChI is InChI=1S/C18H21FN8/c19-12-8-22-9-15(12)25-17-3-1-2-13(24-17)16-10-23-18-6-11(4-5-27(16)18)14(7-20)26-21/h1-7,10,12,15,22,26H,8-9,20-21H2,(H,24,25)/b14-7-/t12-,15-/m0/s1. The van der Waals surface area contributed by atoms with Gasteiger partial charge in [-0.1, -0.05) is 6.07 Å². The van der Waals surface area contributed by atoms with Gasteiger partial charge in [-0.05, 0) is 24.3 Å². The van der Waals surface area contributed by atoms with E-state index in [1.54, 1.807) is 6.20 Å². The van der Waals surface area contributed by atoms with Gasteiger partial charge in [0.05, 0.1) is 29.3 Å². The van der Waals surface area contributed by atoms with E-state index >= 15 is 0 Å². The van der Waals surface area contributed by atoms with Crippen molar-refractivity contribution in [2.45, 2.75) is 12.2 Å². The monoisotopic (exact) mass is 368 g/mol. The lowest BCUT2D eigenvalue weighted by Crippen LogP contribution is -2.29. The van der Waals surface area contributed by atoms with Crippen molar-refractivity contribution in [2.24, 2.45) is 11.6 Å². The molecule has 1 aliphatic heterocycles. The van der Waals surface area contributed by atoms with Crippen LogP contribution in [0.4, 0.5) is 10.2 Å². The predicted octanol–water partition coefficient (Wildman–Crippen LogP) is 0.839. The van der Waals surface area contributed by atoms with Gasteiger partial charge in [0.2, 0.25) is 0 Å². The maximum absolute atomic E-state index is 13.8. The number of fused-ring (bicyclic) bond motifs is 1. The van der Waals surface area contributed by atoms with Crippen LogP contribution in [0.2, 0.25) is 0 Å². The van der Waals surface area contributed by atoms with Gasteiger partial charge in [0.15, 0.2) is 0 Å². The van der Waals surface area contributed by atoms with Gasteiger partial charge in [-0.25, -0.2) is 14.4 Å². The molecule has 8 nitrogen and oxygen atoms in total. The van der Waals surface area contributed by atoms with Crippen molar-refractivity contribution in [2.75, 3.05) is 18.4 Å². The molecule has 0 radical (unpaired) electrons. The third-order valence-electron chi connectivity index (χ3n) is 4.63. The highest BCUT2D eigenvalue weighted by Gasteiger charge is 2.26. The number of nitrogens with zero attached hydrogens (tertiary/aromatic N) is 3. The molecular weight excluding hydrogens is 347 g/mol. The molecule has 9 heteroatoms. The summed E-state index contributed by atoms with van der Waals surface area (Å²) in [5.41, 5.74) is 11.9. The summed E-state index contributed by atoms with van der Waals surface area (Å²) in [6, 6.07) is 9.11. The molecular formula is C18H21FN8. The summed E-state index contributed by atoms with van der Waals surface area (Å²) < 4.78 is 15.7. The Morgan fingerprint density at radius 2 is 2.22 bits per heavy atom. The first kappa shape index (κ1) is 17.3. The topological polar surface area (TPSA) is 118 Å². The minimum absolute atomic E-state index is 0.275. The van der Waals surface area contributed by atoms with Crippen LogP contribution in [0.5, 0.6) is 0 Å². The van der Waals surface area contributed by atoms with Gasteiger partial charge in [0.25, 0.3) is 0 Å². The van der Waals surface area contributed by atoms with E-state index in [0.29, 0.717) is 24.6 Å². The number of anilines is 1. The molecule has 4 heterocycles. The lowest BCUT2D eigenvalue weighted by atomic mass is 10.2. The Morgan fingerprint density at radius 1 is 1.33 bits per heavy atom. The van der Waals surface area contributed by atoms with Gasteiger partial charge >= 0.3 is 0 Å². The number of hydrazine groups is 1. The third-order valence-corrected chi connectivity index (χ3v) is 4.63. The lowest BCUT2D eigenvalue weighted by molar-refractivity contribution is 0.342. The van der Waals surface area contributed by atoms with E-state index in [2.05, 4.69) is 26.0 Å². The molecule has 4 rings (SSSR count). The van der Waals surface area contributed by atoms with Crippen LogP contribution in [0.3, 0.4) is 0 Å². The second-order valence-corrected chi connectivity index (χ2v) is 6.34. The van der Waals surface area contributed by atoms with Crippen LogP contribution in [0.25, 0.3) is 22.7 Å². The number of nitrogens with one attached hydrogen (secondary N) is 3. The van der Waals surface area contributed by atoms with E-state index in [1.807, 2.05) is 40.9 Å².